The lowest BCUT2D eigenvalue weighted by molar-refractivity contribution is 0.232. The molecule has 96 valence electrons. The molecular formula is C12H21N3OS. The van der Waals surface area contributed by atoms with Gasteiger partial charge < -0.3 is 10.1 Å². The summed E-state index contributed by atoms with van der Waals surface area (Å²) in [4.78, 5) is 8.45. The number of aromatic nitrogens is 2. The summed E-state index contributed by atoms with van der Waals surface area (Å²) in [5, 5.41) is 3.28. The molecule has 0 aromatic carbocycles. The van der Waals surface area contributed by atoms with Crippen molar-refractivity contribution in [2.45, 2.75) is 38.5 Å². The molecule has 0 aliphatic rings. The highest BCUT2D eigenvalue weighted by molar-refractivity contribution is 7.99. The zero-order valence-electron chi connectivity index (χ0n) is 11.2. The smallest absolute Gasteiger partial charge is 0.234 e. The molecule has 0 aliphatic heterocycles. The van der Waals surface area contributed by atoms with Gasteiger partial charge >= 0.3 is 0 Å². The average molecular weight is 255 g/mol. The number of rotatable bonds is 6. The molecule has 0 radical (unpaired) electrons. The molecule has 0 amide bonds. The Labute approximate surface area is 108 Å². The first kappa shape index (κ1) is 14.1. The van der Waals surface area contributed by atoms with E-state index in [9.17, 15) is 0 Å². The summed E-state index contributed by atoms with van der Waals surface area (Å²) in [7, 11) is 0. The van der Waals surface area contributed by atoms with E-state index in [-0.39, 0.29) is 10.9 Å². The molecule has 0 aliphatic carbocycles. The lowest BCUT2D eigenvalue weighted by Crippen LogP contribution is -2.26. The van der Waals surface area contributed by atoms with E-state index < -0.39 is 0 Å². The van der Waals surface area contributed by atoms with Gasteiger partial charge in [-0.3, -0.25) is 4.98 Å². The molecule has 1 aromatic heterocycles. The maximum Gasteiger partial charge on any atom is 0.234 e. The highest BCUT2D eigenvalue weighted by Crippen LogP contribution is 2.21. The van der Waals surface area contributed by atoms with Crippen molar-refractivity contribution in [2.75, 3.05) is 18.1 Å². The van der Waals surface area contributed by atoms with Crippen molar-refractivity contribution in [2.24, 2.45) is 0 Å². The molecule has 4 nitrogen and oxygen atoms in total. The van der Waals surface area contributed by atoms with E-state index in [0.29, 0.717) is 5.88 Å². The molecule has 0 bridgehead atoms. The van der Waals surface area contributed by atoms with Crippen LogP contribution in [-0.2, 0) is 0 Å². The lowest BCUT2D eigenvalue weighted by atomic mass is 10.2. The Morgan fingerprint density at radius 3 is 2.71 bits per heavy atom. The van der Waals surface area contributed by atoms with Gasteiger partial charge in [0.05, 0.1) is 18.5 Å². The van der Waals surface area contributed by atoms with E-state index in [1.165, 1.54) is 0 Å². The Hall–Kier alpha value is -0.970. The maximum atomic E-state index is 5.49. The third kappa shape index (κ3) is 5.26. The van der Waals surface area contributed by atoms with Crippen LogP contribution in [0.15, 0.2) is 12.4 Å². The monoisotopic (exact) mass is 255 g/mol. The summed E-state index contributed by atoms with van der Waals surface area (Å²) in [6, 6.07) is 0. The first-order valence-electron chi connectivity index (χ1n) is 5.70. The highest BCUT2D eigenvalue weighted by Gasteiger charge is 2.15. The first-order chi connectivity index (χ1) is 7.93. The predicted octanol–water partition coefficient (Wildman–Crippen LogP) is 2.82. The Kier molecular flexibility index (Phi) is 5.05. The van der Waals surface area contributed by atoms with Gasteiger partial charge in [0.15, 0.2) is 0 Å². The van der Waals surface area contributed by atoms with Crippen LogP contribution in [0.1, 0.15) is 27.7 Å². The molecule has 1 N–H and O–H groups in total. The summed E-state index contributed by atoms with van der Waals surface area (Å²) in [6.07, 6.45) is 5.56. The number of hydrogen-bond donors (Lipinski definition) is 1. The van der Waals surface area contributed by atoms with Crippen molar-refractivity contribution in [3.63, 3.8) is 0 Å². The van der Waals surface area contributed by atoms with Crippen LogP contribution in [0.5, 0.6) is 5.88 Å². The number of nitrogens with zero attached hydrogens (tertiary/aromatic N) is 2. The minimum absolute atomic E-state index is 0.113. The van der Waals surface area contributed by atoms with Crippen LogP contribution in [-0.4, -0.2) is 33.6 Å². The van der Waals surface area contributed by atoms with E-state index in [1.54, 1.807) is 12.4 Å². The second kappa shape index (κ2) is 6.10. The van der Waals surface area contributed by atoms with Crippen molar-refractivity contribution in [3.8, 4) is 5.88 Å². The van der Waals surface area contributed by atoms with Gasteiger partial charge in [-0.05, 0) is 34.0 Å². The minimum atomic E-state index is 0.113. The quantitative estimate of drug-likeness (QED) is 0.847. The van der Waals surface area contributed by atoms with Crippen LogP contribution in [0, 0.1) is 0 Å². The summed E-state index contributed by atoms with van der Waals surface area (Å²) in [5.74, 6) is 1.32. The van der Waals surface area contributed by atoms with Gasteiger partial charge in [0.1, 0.15) is 5.82 Å². The predicted molar refractivity (Wildman–Crippen MR) is 73.9 cm³/mol. The summed E-state index contributed by atoms with van der Waals surface area (Å²) in [5.41, 5.74) is 0. The molecule has 0 saturated carbocycles. The fourth-order valence-electron chi connectivity index (χ4n) is 1.11. The van der Waals surface area contributed by atoms with Gasteiger partial charge in [-0.2, -0.15) is 16.7 Å². The van der Waals surface area contributed by atoms with Crippen molar-refractivity contribution < 1.29 is 4.74 Å². The molecule has 1 heterocycles. The molecular weight excluding hydrogens is 234 g/mol. The van der Waals surface area contributed by atoms with E-state index in [0.717, 1.165) is 12.4 Å². The Bertz CT molecular complexity index is 355. The number of thioether (sulfide) groups is 1. The fraction of sp³-hybridized carbons (Fsp3) is 0.667. The zero-order valence-corrected chi connectivity index (χ0v) is 12.0. The van der Waals surface area contributed by atoms with Gasteiger partial charge in [0.2, 0.25) is 5.88 Å². The molecule has 1 rings (SSSR count). The van der Waals surface area contributed by atoms with E-state index >= 15 is 0 Å². The average Bonchev–Trinajstić information content (AvgIpc) is 2.26. The van der Waals surface area contributed by atoms with Crippen molar-refractivity contribution in [1.82, 2.24) is 9.97 Å². The van der Waals surface area contributed by atoms with Gasteiger partial charge in [0.25, 0.3) is 0 Å². The maximum absolute atomic E-state index is 5.49. The number of anilines is 1. The molecule has 17 heavy (non-hydrogen) atoms. The number of hydrogen-bond acceptors (Lipinski definition) is 5. The van der Waals surface area contributed by atoms with Crippen molar-refractivity contribution in [1.29, 1.82) is 0 Å². The summed E-state index contributed by atoms with van der Waals surface area (Å²) in [6.45, 7) is 9.16. The van der Waals surface area contributed by atoms with Crippen LogP contribution >= 0.6 is 11.8 Å². The normalized spacial score (nSPS) is 11.6. The molecule has 0 saturated heterocycles. The SMILES string of the molecule is CSC(C)(C)CNc1cncc(OC(C)C)n1. The molecule has 1 aromatic rings. The van der Waals surface area contributed by atoms with Crippen LogP contribution in [0.25, 0.3) is 0 Å². The summed E-state index contributed by atoms with van der Waals surface area (Å²) >= 11 is 1.82. The zero-order chi connectivity index (χ0) is 12.9. The van der Waals surface area contributed by atoms with E-state index in [2.05, 4.69) is 35.4 Å². The Balaban J connectivity index is 2.60. The number of ether oxygens (including phenoxy) is 1. The van der Waals surface area contributed by atoms with Crippen molar-refractivity contribution >= 4 is 17.6 Å². The van der Waals surface area contributed by atoms with Crippen LogP contribution in [0.2, 0.25) is 0 Å². The Morgan fingerprint density at radius 1 is 1.41 bits per heavy atom. The molecule has 0 atom stereocenters. The van der Waals surface area contributed by atoms with Crippen LogP contribution < -0.4 is 10.1 Å². The third-order valence-electron chi connectivity index (χ3n) is 2.22. The van der Waals surface area contributed by atoms with Crippen LogP contribution in [0.4, 0.5) is 5.82 Å². The molecule has 0 spiro atoms. The lowest BCUT2D eigenvalue weighted by Gasteiger charge is -2.22. The van der Waals surface area contributed by atoms with Crippen LogP contribution in [0.3, 0.4) is 0 Å². The van der Waals surface area contributed by atoms with Gasteiger partial charge in [-0.1, -0.05) is 0 Å². The van der Waals surface area contributed by atoms with Gasteiger partial charge in [0, 0.05) is 11.3 Å². The summed E-state index contributed by atoms with van der Waals surface area (Å²) < 4.78 is 5.67. The van der Waals surface area contributed by atoms with E-state index in [1.807, 2.05) is 25.6 Å². The molecule has 0 fully saturated rings. The second-order valence-corrected chi connectivity index (χ2v) is 6.24. The van der Waals surface area contributed by atoms with Gasteiger partial charge in [-0.15, -0.1) is 0 Å². The largest absolute Gasteiger partial charge is 0.474 e. The topological polar surface area (TPSA) is 47.0 Å². The highest BCUT2D eigenvalue weighted by atomic mass is 32.2. The molecule has 5 heteroatoms. The second-order valence-electron chi connectivity index (χ2n) is 4.73. The van der Waals surface area contributed by atoms with E-state index in [4.69, 9.17) is 4.74 Å². The first-order valence-corrected chi connectivity index (χ1v) is 6.93. The minimum Gasteiger partial charge on any atom is -0.474 e. The number of nitrogens with one attached hydrogen (secondary N) is 1. The van der Waals surface area contributed by atoms with Crippen molar-refractivity contribution in [3.05, 3.63) is 12.4 Å². The third-order valence-corrected chi connectivity index (χ3v) is 3.47. The van der Waals surface area contributed by atoms with Gasteiger partial charge in [-0.25, -0.2) is 0 Å². The Morgan fingerprint density at radius 2 is 2.12 bits per heavy atom. The molecule has 0 unspecified atom stereocenters. The fourth-order valence-corrected chi connectivity index (χ4v) is 1.32. The standard InChI is InChI=1S/C12H21N3OS/c1-9(2)16-11-7-13-6-10(15-11)14-8-12(3,4)17-5/h6-7,9H,8H2,1-5H3,(H,14,15).